The van der Waals surface area contributed by atoms with Crippen molar-refractivity contribution in [1.29, 1.82) is 0 Å². The molecule has 1 fully saturated rings. The highest BCUT2D eigenvalue weighted by atomic mass is 79.9. The lowest BCUT2D eigenvalue weighted by Gasteiger charge is -2.37. The topological polar surface area (TPSA) is 12.0 Å². The van der Waals surface area contributed by atoms with Gasteiger partial charge in [0.1, 0.15) is 0 Å². The summed E-state index contributed by atoms with van der Waals surface area (Å²) < 4.78 is 2.37. The van der Waals surface area contributed by atoms with Crippen LogP contribution in [0, 0.1) is 0 Å². The Kier molecular flexibility index (Phi) is 3.94. The summed E-state index contributed by atoms with van der Waals surface area (Å²) in [6, 6.07) is 17.4. The van der Waals surface area contributed by atoms with E-state index in [0.29, 0.717) is 12.0 Å². The van der Waals surface area contributed by atoms with E-state index in [9.17, 15) is 0 Å². The molecule has 0 radical (unpaired) electrons. The van der Waals surface area contributed by atoms with Crippen LogP contribution in [0.15, 0.2) is 57.5 Å². The number of hydrogen-bond acceptors (Lipinski definition) is 1. The fraction of sp³-hybridized carbons (Fsp3) is 0.250. The Morgan fingerprint density at radius 1 is 0.842 bits per heavy atom. The maximum Gasteiger partial charge on any atom is 0.0486 e. The van der Waals surface area contributed by atoms with Gasteiger partial charge in [0.25, 0.3) is 0 Å². The van der Waals surface area contributed by atoms with Crippen molar-refractivity contribution in [3.05, 3.63) is 63.0 Å². The van der Waals surface area contributed by atoms with Gasteiger partial charge in [-0.05, 0) is 58.5 Å². The van der Waals surface area contributed by atoms with Crippen molar-refractivity contribution in [2.24, 2.45) is 0 Å². The maximum absolute atomic E-state index is 3.64. The molecule has 1 saturated carbocycles. The van der Waals surface area contributed by atoms with E-state index in [1.807, 2.05) is 6.07 Å². The highest BCUT2D eigenvalue weighted by molar-refractivity contribution is 9.10. The molecule has 0 aliphatic heterocycles. The Bertz CT molecular complexity index is 576. The first-order valence-electron chi connectivity index (χ1n) is 6.49. The van der Waals surface area contributed by atoms with E-state index >= 15 is 0 Å². The quantitative estimate of drug-likeness (QED) is 0.733. The van der Waals surface area contributed by atoms with Gasteiger partial charge >= 0.3 is 0 Å². The summed E-state index contributed by atoms with van der Waals surface area (Å²) in [5, 5.41) is 3.60. The molecule has 1 aliphatic carbocycles. The fourth-order valence-electron chi connectivity index (χ4n) is 2.59. The molecule has 1 nitrogen and oxygen atoms in total. The van der Waals surface area contributed by atoms with Crippen LogP contribution < -0.4 is 5.32 Å². The second-order valence-electron chi connectivity index (χ2n) is 5.01. The number of anilines is 1. The molecule has 1 N–H and O–H groups in total. The molecular formula is C16H15Br2N. The first kappa shape index (κ1) is 13.2. The van der Waals surface area contributed by atoms with Gasteiger partial charge < -0.3 is 5.32 Å². The van der Waals surface area contributed by atoms with Crippen LogP contribution in [-0.2, 0) is 0 Å². The second-order valence-corrected chi connectivity index (χ2v) is 6.72. The van der Waals surface area contributed by atoms with Gasteiger partial charge in [-0.25, -0.2) is 0 Å². The van der Waals surface area contributed by atoms with E-state index in [4.69, 9.17) is 0 Å². The van der Waals surface area contributed by atoms with Crippen molar-refractivity contribution in [1.82, 2.24) is 0 Å². The third kappa shape index (κ3) is 2.87. The molecule has 2 aromatic carbocycles. The van der Waals surface area contributed by atoms with Crippen molar-refractivity contribution in [2.75, 3.05) is 5.32 Å². The maximum atomic E-state index is 3.64. The van der Waals surface area contributed by atoms with Crippen LogP contribution in [0.1, 0.15) is 24.3 Å². The lowest BCUT2D eigenvalue weighted by atomic mass is 9.76. The molecule has 0 heterocycles. The number of rotatable bonds is 3. The van der Waals surface area contributed by atoms with Crippen molar-refractivity contribution < 1.29 is 0 Å². The molecule has 0 atom stereocenters. The highest BCUT2D eigenvalue weighted by Crippen LogP contribution is 2.41. The molecule has 0 amide bonds. The van der Waals surface area contributed by atoms with E-state index in [2.05, 4.69) is 79.6 Å². The van der Waals surface area contributed by atoms with Crippen LogP contribution >= 0.6 is 31.9 Å². The Labute approximate surface area is 130 Å². The Hall–Kier alpha value is -0.800. The summed E-state index contributed by atoms with van der Waals surface area (Å²) in [6.45, 7) is 0. The molecule has 0 bridgehead atoms. The first-order chi connectivity index (χ1) is 9.24. The molecule has 2 aromatic rings. The summed E-state index contributed by atoms with van der Waals surface area (Å²) in [5.74, 6) is 0.676. The Morgan fingerprint density at radius 2 is 1.47 bits per heavy atom. The van der Waals surface area contributed by atoms with Crippen LogP contribution in [0.3, 0.4) is 0 Å². The fourth-order valence-corrected chi connectivity index (χ4v) is 3.60. The smallest absolute Gasteiger partial charge is 0.0486 e. The normalized spacial score (nSPS) is 21.8. The van der Waals surface area contributed by atoms with Gasteiger partial charge in [0, 0.05) is 20.7 Å². The largest absolute Gasteiger partial charge is 0.381 e. The Balaban J connectivity index is 1.62. The van der Waals surface area contributed by atoms with Crippen molar-refractivity contribution >= 4 is 37.5 Å². The molecule has 98 valence electrons. The van der Waals surface area contributed by atoms with Gasteiger partial charge in [0.05, 0.1) is 0 Å². The van der Waals surface area contributed by atoms with Gasteiger partial charge in [0.15, 0.2) is 0 Å². The molecule has 19 heavy (non-hydrogen) atoms. The zero-order chi connectivity index (χ0) is 13.2. The number of hydrogen-bond donors (Lipinski definition) is 1. The SMILES string of the molecule is Brc1ccccc1NC1CC(c2ccccc2Br)C1. The molecule has 0 unspecified atom stereocenters. The Morgan fingerprint density at radius 3 is 2.16 bits per heavy atom. The van der Waals surface area contributed by atoms with Crippen LogP contribution in [0.2, 0.25) is 0 Å². The van der Waals surface area contributed by atoms with E-state index in [1.54, 1.807) is 0 Å². The lowest BCUT2D eigenvalue weighted by molar-refractivity contribution is 0.373. The van der Waals surface area contributed by atoms with Gasteiger partial charge in [-0.1, -0.05) is 46.3 Å². The summed E-state index contributed by atoms with van der Waals surface area (Å²) in [4.78, 5) is 0. The number of nitrogens with one attached hydrogen (secondary N) is 1. The highest BCUT2D eigenvalue weighted by Gasteiger charge is 2.31. The van der Waals surface area contributed by atoms with E-state index in [1.165, 1.54) is 28.6 Å². The third-order valence-electron chi connectivity index (χ3n) is 3.72. The second kappa shape index (κ2) is 5.68. The van der Waals surface area contributed by atoms with Crippen molar-refractivity contribution in [3.63, 3.8) is 0 Å². The van der Waals surface area contributed by atoms with Gasteiger partial charge in [-0.3, -0.25) is 0 Å². The third-order valence-corrected chi connectivity index (χ3v) is 5.13. The van der Waals surface area contributed by atoms with Gasteiger partial charge in [-0.15, -0.1) is 0 Å². The molecule has 1 aliphatic rings. The lowest BCUT2D eigenvalue weighted by Crippen LogP contribution is -2.34. The molecule has 3 heteroatoms. The zero-order valence-corrected chi connectivity index (χ0v) is 13.6. The van der Waals surface area contributed by atoms with E-state index in [-0.39, 0.29) is 0 Å². The molecule has 0 spiro atoms. The number of halogens is 2. The summed E-state index contributed by atoms with van der Waals surface area (Å²) in [6.07, 6.45) is 2.40. The van der Waals surface area contributed by atoms with E-state index in [0.717, 1.165) is 4.47 Å². The number of para-hydroxylation sites is 1. The van der Waals surface area contributed by atoms with Gasteiger partial charge in [0.2, 0.25) is 0 Å². The van der Waals surface area contributed by atoms with Gasteiger partial charge in [-0.2, -0.15) is 0 Å². The molecule has 0 saturated heterocycles. The minimum Gasteiger partial charge on any atom is -0.381 e. The van der Waals surface area contributed by atoms with Crippen LogP contribution in [0.5, 0.6) is 0 Å². The first-order valence-corrected chi connectivity index (χ1v) is 8.08. The van der Waals surface area contributed by atoms with Crippen molar-refractivity contribution in [3.8, 4) is 0 Å². The predicted octanol–water partition coefficient (Wildman–Crippen LogP) is 5.57. The average molecular weight is 381 g/mol. The summed E-state index contributed by atoms with van der Waals surface area (Å²) in [5.41, 5.74) is 2.63. The van der Waals surface area contributed by atoms with Crippen LogP contribution in [0.25, 0.3) is 0 Å². The predicted molar refractivity (Wildman–Crippen MR) is 87.7 cm³/mol. The minimum atomic E-state index is 0.579. The molecule has 3 rings (SSSR count). The molecular weight excluding hydrogens is 366 g/mol. The average Bonchev–Trinajstić information content (AvgIpc) is 2.37. The van der Waals surface area contributed by atoms with Crippen LogP contribution in [-0.4, -0.2) is 6.04 Å². The number of benzene rings is 2. The monoisotopic (exact) mass is 379 g/mol. The van der Waals surface area contributed by atoms with E-state index < -0.39 is 0 Å². The minimum absolute atomic E-state index is 0.579. The molecule has 0 aromatic heterocycles. The van der Waals surface area contributed by atoms with Crippen molar-refractivity contribution in [2.45, 2.75) is 24.8 Å². The zero-order valence-electron chi connectivity index (χ0n) is 10.4. The van der Waals surface area contributed by atoms with Crippen LogP contribution in [0.4, 0.5) is 5.69 Å². The summed E-state index contributed by atoms with van der Waals surface area (Å²) in [7, 11) is 0. The standard InChI is InChI=1S/C16H15Br2N/c17-14-6-2-1-5-13(14)11-9-12(10-11)19-16-8-4-3-7-15(16)18/h1-8,11-12,19H,9-10H2. The summed E-state index contributed by atoms with van der Waals surface area (Å²) >= 11 is 7.22.